The second kappa shape index (κ2) is 6.47. The molecule has 0 amide bonds. The van der Waals surface area contributed by atoms with Crippen LogP contribution in [0, 0.1) is 0 Å². The molecule has 0 aromatic carbocycles. The van der Waals surface area contributed by atoms with Gasteiger partial charge in [-0.3, -0.25) is 9.97 Å². The molecule has 0 saturated heterocycles. The first-order valence-corrected chi connectivity index (χ1v) is 6.41. The van der Waals surface area contributed by atoms with E-state index in [2.05, 4.69) is 22.2 Å². The highest BCUT2D eigenvalue weighted by Crippen LogP contribution is 2.17. The fourth-order valence-electron chi connectivity index (χ4n) is 1.88. The van der Waals surface area contributed by atoms with Gasteiger partial charge in [0.25, 0.3) is 0 Å². The van der Waals surface area contributed by atoms with Gasteiger partial charge in [0, 0.05) is 18.6 Å². The molecule has 2 aromatic heterocycles. The molecule has 0 bridgehead atoms. The highest BCUT2D eigenvalue weighted by Gasteiger charge is 2.12. The minimum absolute atomic E-state index is 0.203. The Morgan fingerprint density at radius 1 is 1.22 bits per heavy atom. The number of nitrogens with one attached hydrogen (secondary N) is 1. The zero-order valence-electron chi connectivity index (χ0n) is 10.3. The first-order chi connectivity index (χ1) is 8.79. The van der Waals surface area contributed by atoms with E-state index in [0.29, 0.717) is 5.02 Å². The second-order valence-electron chi connectivity index (χ2n) is 4.07. The van der Waals surface area contributed by atoms with E-state index in [9.17, 15) is 0 Å². The van der Waals surface area contributed by atoms with E-state index in [1.165, 1.54) is 5.56 Å². The molecule has 3 nitrogen and oxygen atoms in total. The number of hydrogen-bond donors (Lipinski definition) is 1. The molecule has 0 aliphatic heterocycles. The molecule has 0 fully saturated rings. The van der Waals surface area contributed by atoms with Gasteiger partial charge in [-0.15, -0.1) is 0 Å². The van der Waals surface area contributed by atoms with Gasteiger partial charge in [0.05, 0.1) is 16.8 Å². The fourth-order valence-corrected chi connectivity index (χ4v) is 1.99. The summed E-state index contributed by atoms with van der Waals surface area (Å²) in [7, 11) is 0. The second-order valence-corrected chi connectivity index (χ2v) is 4.51. The average molecular weight is 262 g/mol. The zero-order valence-corrected chi connectivity index (χ0v) is 11.1. The van der Waals surface area contributed by atoms with Crippen LogP contribution in [-0.4, -0.2) is 16.5 Å². The van der Waals surface area contributed by atoms with E-state index >= 15 is 0 Å². The minimum atomic E-state index is 0.203. The van der Waals surface area contributed by atoms with Crippen molar-refractivity contribution in [1.82, 2.24) is 15.3 Å². The van der Waals surface area contributed by atoms with Crippen molar-refractivity contribution in [2.45, 2.75) is 19.4 Å². The fraction of sp³-hybridized carbons (Fsp3) is 0.286. The van der Waals surface area contributed by atoms with Crippen molar-refractivity contribution in [3.63, 3.8) is 0 Å². The Bertz CT molecular complexity index is 470. The quantitative estimate of drug-likeness (QED) is 0.899. The molecule has 18 heavy (non-hydrogen) atoms. The number of aromatic nitrogens is 2. The molecule has 2 aromatic rings. The van der Waals surface area contributed by atoms with Crippen LogP contribution in [0.4, 0.5) is 0 Å². The van der Waals surface area contributed by atoms with Crippen molar-refractivity contribution >= 4 is 11.6 Å². The molecule has 0 spiro atoms. The van der Waals surface area contributed by atoms with E-state index < -0.39 is 0 Å². The van der Waals surface area contributed by atoms with Gasteiger partial charge in [-0.05, 0) is 42.8 Å². The van der Waals surface area contributed by atoms with Crippen LogP contribution in [0.15, 0.2) is 42.9 Å². The highest BCUT2D eigenvalue weighted by atomic mass is 35.5. The Kier molecular flexibility index (Phi) is 4.67. The van der Waals surface area contributed by atoms with Gasteiger partial charge in [-0.2, -0.15) is 0 Å². The van der Waals surface area contributed by atoms with Crippen molar-refractivity contribution in [3.8, 4) is 0 Å². The van der Waals surface area contributed by atoms with Crippen LogP contribution in [0.5, 0.6) is 0 Å². The summed E-state index contributed by atoms with van der Waals surface area (Å²) in [4.78, 5) is 8.41. The summed E-state index contributed by atoms with van der Waals surface area (Å²) in [6, 6.07) is 8.10. The van der Waals surface area contributed by atoms with E-state index in [4.69, 9.17) is 11.6 Å². The van der Waals surface area contributed by atoms with E-state index in [1.807, 2.05) is 36.7 Å². The van der Waals surface area contributed by atoms with Gasteiger partial charge in [-0.25, -0.2) is 0 Å². The Hall–Kier alpha value is -1.45. The van der Waals surface area contributed by atoms with Gasteiger partial charge < -0.3 is 5.32 Å². The third kappa shape index (κ3) is 3.52. The monoisotopic (exact) mass is 261 g/mol. The van der Waals surface area contributed by atoms with Crippen LogP contribution in [-0.2, 0) is 6.42 Å². The molecule has 1 unspecified atom stereocenters. The normalized spacial score (nSPS) is 12.3. The molecule has 2 rings (SSSR count). The van der Waals surface area contributed by atoms with Crippen LogP contribution in [0.25, 0.3) is 0 Å². The summed E-state index contributed by atoms with van der Waals surface area (Å²) in [5.41, 5.74) is 2.26. The van der Waals surface area contributed by atoms with Crippen LogP contribution >= 0.6 is 11.6 Å². The molecule has 0 radical (unpaired) electrons. The number of nitrogens with zero attached hydrogens (tertiary/aromatic N) is 2. The molecular weight excluding hydrogens is 246 g/mol. The third-order valence-corrected chi connectivity index (χ3v) is 2.97. The molecule has 1 atom stereocenters. The van der Waals surface area contributed by atoms with E-state index in [-0.39, 0.29) is 6.04 Å². The van der Waals surface area contributed by atoms with E-state index in [1.54, 1.807) is 6.20 Å². The van der Waals surface area contributed by atoms with Gasteiger partial charge in [-0.1, -0.05) is 18.5 Å². The first kappa shape index (κ1) is 13.0. The molecule has 0 aliphatic carbocycles. The van der Waals surface area contributed by atoms with Crippen LogP contribution in [0.2, 0.25) is 5.02 Å². The summed E-state index contributed by atoms with van der Waals surface area (Å²) in [5, 5.41) is 4.11. The predicted octanol–water partition coefficient (Wildman–Crippen LogP) is 3.02. The number of pyridine rings is 2. The number of likely N-dealkylation sites (N-methyl/N-ethyl adjacent to an activating group) is 1. The maximum atomic E-state index is 5.86. The molecular formula is C14H16ClN3. The number of hydrogen-bond acceptors (Lipinski definition) is 3. The third-order valence-electron chi connectivity index (χ3n) is 2.75. The summed E-state index contributed by atoms with van der Waals surface area (Å²) in [6.45, 7) is 3.00. The van der Waals surface area contributed by atoms with Gasteiger partial charge in [0.1, 0.15) is 0 Å². The minimum Gasteiger partial charge on any atom is -0.309 e. The molecule has 2 heterocycles. The van der Waals surface area contributed by atoms with Gasteiger partial charge in [0.15, 0.2) is 0 Å². The zero-order chi connectivity index (χ0) is 12.8. The summed E-state index contributed by atoms with van der Waals surface area (Å²) < 4.78 is 0. The SMILES string of the molecule is CCNC(Cc1ccncc1)c1ccc(Cl)cn1. The maximum absolute atomic E-state index is 5.86. The predicted molar refractivity (Wildman–Crippen MR) is 73.6 cm³/mol. The average Bonchev–Trinajstić information content (AvgIpc) is 2.40. The summed E-state index contributed by atoms with van der Waals surface area (Å²) in [5.74, 6) is 0. The van der Waals surface area contributed by atoms with Crippen molar-refractivity contribution in [1.29, 1.82) is 0 Å². The Labute approximate surface area is 112 Å². The first-order valence-electron chi connectivity index (χ1n) is 6.03. The van der Waals surface area contributed by atoms with Gasteiger partial charge >= 0.3 is 0 Å². The van der Waals surface area contributed by atoms with Crippen LogP contribution in [0.3, 0.4) is 0 Å². The number of rotatable bonds is 5. The Morgan fingerprint density at radius 3 is 2.61 bits per heavy atom. The van der Waals surface area contributed by atoms with Crippen LogP contribution in [0.1, 0.15) is 24.2 Å². The smallest absolute Gasteiger partial charge is 0.0589 e. The lowest BCUT2D eigenvalue weighted by atomic mass is 10.0. The maximum Gasteiger partial charge on any atom is 0.0589 e. The Balaban J connectivity index is 2.15. The molecule has 1 N–H and O–H groups in total. The molecule has 0 aliphatic rings. The van der Waals surface area contributed by atoms with Crippen LogP contribution < -0.4 is 5.32 Å². The lowest BCUT2D eigenvalue weighted by Crippen LogP contribution is -2.23. The molecule has 4 heteroatoms. The number of halogens is 1. The van der Waals surface area contributed by atoms with Crippen molar-refractivity contribution in [2.24, 2.45) is 0 Å². The lowest BCUT2D eigenvalue weighted by Gasteiger charge is -2.17. The standard InChI is InChI=1S/C14H16ClN3/c1-2-17-14(9-11-5-7-16-8-6-11)13-4-3-12(15)10-18-13/h3-8,10,14,17H,2,9H2,1H3. The largest absolute Gasteiger partial charge is 0.309 e. The van der Waals surface area contributed by atoms with E-state index in [0.717, 1.165) is 18.7 Å². The summed E-state index contributed by atoms with van der Waals surface area (Å²) in [6.07, 6.45) is 6.21. The van der Waals surface area contributed by atoms with Gasteiger partial charge in [0.2, 0.25) is 0 Å². The van der Waals surface area contributed by atoms with Crippen molar-refractivity contribution in [2.75, 3.05) is 6.54 Å². The molecule has 0 saturated carbocycles. The van der Waals surface area contributed by atoms with Crippen molar-refractivity contribution in [3.05, 3.63) is 59.1 Å². The lowest BCUT2D eigenvalue weighted by molar-refractivity contribution is 0.536. The topological polar surface area (TPSA) is 37.8 Å². The Morgan fingerprint density at radius 2 is 2.00 bits per heavy atom. The summed E-state index contributed by atoms with van der Waals surface area (Å²) >= 11 is 5.86. The highest BCUT2D eigenvalue weighted by molar-refractivity contribution is 6.30. The van der Waals surface area contributed by atoms with Crippen molar-refractivity contribution < 1.29 is 0 Å². The molecule has 94 valence electrons.